The number of ketones is 1. The molecule has 0 N–H and O–H groups in total. The molecule has 0 aromatic carbocycles. The van der Waals surface area contributed by atoms with Gasteiger partial charge in [0.1, 0.15) is 0 Å². The van der Waals surface area contributed by atoms with Crippen LogP contribution in [0.25, 0.3) is 0 Å². The van der Waals surface area contributed by atoms with Gasteiger partial charge >= 0.3 is 0 Å². The molecule has 116 valence electrons. The summed E-state index contributed by atoms with van der Waals surface area (Å²) in [6.07, 6.45) is 19.2. The van der Waals surface area contributed by atoms with Crippen molar-refractivity contribution in [2.24, 2.45) is 0 Å². The van der Waals surface area contributed by atoms with Gasteiger partial charge in [0.25, 0.3) is 0 Å². The van der Waals surface area contributed by atoms with Crippen LogP contribution < -0.4 is 0 Å². The standard InChI is InChI=1S/C20H30O/c1-6-7-8-9-11-17(2)12-10-13-18(3)16-19(4)14-15-20(5)21/h10-16H,6-9H2,1-5H3/b12-10+,15-14+,17-11+,18-13+,19-16+. The lowest BCUT2D eigenvalue weighted by molar-refractivity contribution is -0.112. The monoisotopic (exact) mass is 286 g/mol. The zero-order valence-electron chi connectivity index (χ0n) is 14.3. The number of unbranched alkanes of at least 4 members (excludes halogenated alkanes) is 3. The molecule has 0 spiro atoms. The molecule has 0 aliphatic carbocycles. The first-order chi connectivity index (χ1) is 9.95. The Morgan fingerprint density at radius 2 is 1.57 bits per heavy atom. The summed E-state index contributed by atoms with van der Waals surface area (Å²) in [7, 11) is 0. The van der Waals surface area contributed by atoms with E-state index >= 15 is 0 Å². The molecule has 0 fully saturated rings. The third-order valence-corrected chi connectivity index (χ3v) is 3.03. The van der Waals surface area contributed by atoms with Crippen molar-refractivity contribution in [3.8, 4) is 0 Å². The number of rotatable bonds is 9. The van der Waals surface area contributed by atoms with Gasteiger partial charge in [-0.3, -0.25) is 4.79 Å². The van der Waals surface area contributed by atoms with Crippen LogP contribution in [0, 0.1) is 0 Å². The van der Waals surface area contributed by atoms with Crippen LogP contribution in [0.3, 0.4) is 0 Å². The molecule has 0 saturated heterocycles. The summed E-state index contributed by atoms with van der Waals surface area (Å²) in [5.41, 5.74) is 3.57. The van der Waals surface area contributed by atoms with Crippen molar-refractivity contribution >= 4 is 5.78 Å². The smallest absolute Gasteiger partial charge is 0.152 e. The molecule has 21 heavy (non-hydrogen) atoms. The second-order valence-corrected chi connectivity index (χ2v) is 5.55. The molecule has 0 radical (unpaired) electrons. The maximum atomic E-state index is 10.9. The predicted octanol–water partition coefficient (Wildman–Crippen LogP) is 6.11. The molecule has 0 saturated carbocycles. The minimum atomic E-state index is 0.0770. The number of carbonyl (C=O) groups excluding carboxylic acids is 1. The molecule has 0 aromatic heterocycles. The summed E-state index contributed by atoms with van der Waals surface area (Å²) in [6, 6.07) is 0. The number of allylic oxidation sites excluding steroid dienone is 10. The highest BCUT2D eigenvalue weighted by Gasteiger charge is 1.87. The first-order valence-corrected chi connectivity index (χ1v) is 7.84. The van der Waals surface area contributed by atoms with Gasteiger partial charge in [-0.15, -0.1) is 0 Å². The van der Waals surface area contributed by atoms with E-state index < -0.39 is 0 Å². The largest absolute Gasteiger partial charge is 0.295 e. The highest BCUT2D eigenvalue weighted by atomic mass is 16.1. The molecule has 0 rings (SSSR count). The topological polar surface area (TPSA) is 17.1 Å². The van der Waals surface area contributed by atoms with Crippen molar-refractivity contribution in [3.63, 3.8) is 0 Å². The highest BCUT2D eigenvalue weighted by Crippen LogP contribution is 2.06. The molecular formula is C20H30O. The molecule has 0 aromatic rings. The molecule has 1 heteroatoms. The maximum absolute atomic E-state index is 10.9. The number of hydrogen-bond donors (Lipinski definition) is 0. The quantitative estimate of drug-likeness (QED) is 0.284. The van der Waals surface area contributed by atoms with E-state index in [2.05, 4.69) is 51.2 Å². The van der Waals surface area contributed by atoms with Crippen LogP contribution in [0.15, 0.2) is 59.3 Å². The zero-order valence-corrected chi connectivity index (χ0v) is 14.3. The van der Waals surface area contributed by atoms with E-state index in [0.29, 0.717) is 0 Å². The summed E-state index contributed by atoms with van der Waals surface area (Å²) in [5, 5.41) is 0. The Labute approximate surface area is 130 Å². The fourth-order valence-corrected chi connectivity index (χ4v) is 1.85. The molecular weight excluding hydrogens is 256 g/mol. The fourth-order valence-electron chi connectivity index (χ4n) is 1.85. The summed E-state index contributed by atoms with van der Waals surface area (Å²) >= 11 is 0. The summed E-state index contributed by atoms with van der Waals surface area (Å²) in [4.78, 5) is 10.9. The van der Waals surface area contributed by atoms with Gasteiger partial charge in [0.15, 0.2) is 5.78 Å². The van der Waals surface area contributed by atoms with Gasteiger partial charge in [0.05, 0.1) is 0 Å². The molecule has 0 atom stereocenters. The fraction of sp³-hybridized carbons (Fsp3) is 0.450. The Kier molecular flexibility index (Phi) is 11.2. The average molecular weight is 286 g/mol. The molecule has 0 bridgehead atoms. The van der Waals surface area contributed by atoms with Crippen LogP contribution in [0.4, 0.5) is 0 Å². The van der Waals surface area contributed by atoms with E-state index in [4.69, 9.17) is 0 Å². The lowest BCUT2D eigenvalue weighted by Gasteiger charge is -1.95. The van der Waals surface area contributed by atoms with Gasteiger partial charge in [0, 0.05) is 0 Å². The molecule has 0 amide bonds. The van der Waals surface area contributed by atoms with Gasteiger partial charge < -0.3 is 0 Å². The highest BCUT2D eigenvalue weighted by molar-refractivity contribution is 5.87. The SMILES string of the molecule is CCCCC/C=C(C)/C=C/C=C(C)/C=C(C)/C=C/C(C)=O. The maximum Gasteiger partial charge on any atom is 0.152 e. The first kappa shape index (κ1) is 19.4. The molecule has 0 unspecified atom stereocenters. The van der Waals surface area contributed by atoms with Gasteiger partial charge in [-0.05, 0) is 46.6 Å². The number of hydrogen-bond acceptors (Lipinski definition) is 1. The second-order valence-electron chi connectivity index (χ2n) is 5.55. The van der Waals surface area contributed by atoms with Crippen LogP contribution in [-0.2, 0) is 4.79 Å². The van der Waals surface area contributed by atoms with E-state index in [1.54, 1.807) is 13.0 Å². The van der Waals surface area contributed by atoms with Crippen LogP contribution in [0.5, 0.6) is 0 Å². The van der Waals surface area contributed by atoms with Crippen LogP contribution >= 0.6 is 0 Å². The Hall–Kier alpha value is -1.63. The van der Waals surface area contributed by atoms with Gasteiger partial charge in [-0.25, -0.2) is 0 Å². The van der Waals surface area contributed by atoms with E-state index in [1.165, 1.54) is 36.8 Å². The molecule has 0 aliphatic rings. The normalized spacial score (nSPS) is 14.4. The van der Waals surface area contributed by atoms with E-state index in [-0.39, 0.29) is 5.78 Å². The summed E-state index contributed by atoms with van der Waals surface area (Å²) < 4.78 is 0. The number of carbonyl (C=O) groups is 1. The molecule has 0 heterocycles. The average Bonchev–Trinajstić information content (AvgIpc) is 2.41. The third kappa shape index (κ3) is 13.1. The lowest BCUT2D eigenvalue weighted by atomic mass is 10.1. The van der Waals surface area contributed by atoms with Gasteiger partial charge in [0.2, 0.25) is 0 Å². The van der Waals surface area contributed by atoms with Crippen LogP contribution in [0.2, 0.25) is 0 Å². The van der Waals surface area contributed by atoms with Crippen molar-refractivity contribution in [1.82, 2.24) is 0 Å². The Bertz CT molecular complexity index is 456. The van der Waals surface area contributed by atoms with E-state index in [0.717, 1.165) is 5.57 Å². The van der Waals surface area contributed by atoms with Crippen molar-refractivity contribution in [2.75, 3.05) is 0 Å². The van der Waals surface area contributed by atoms with E-state index in [9.17, 15) is 4.79 Å². The minimum absolute atomic E-state index is 0.0770. The summed E-state index contributed by atoms with van der Waals surface area (Å²) in [6.45, 7) is 9.99. The predicted molar refractivity (Wildman–Crippen MR) is 94.4 cm³/mol. The molecule has 1 nitrogen and oxygen atoms in total. The van der Waals surface area contributed by atoms with Crippen LogP contribution in [0.1, 0.15) is 60.3 Å². The second kappa shape index (κ2) is 12.1. The Balaban J connectivity index is 4.41. The van der Waals surface area contributed by atoms with E-state index in [1.807, 2.05) is 13.0 Å². The van der Waals surface area contributed by atoms with Gasteiger partial charge in [-0.2, -0.15) is 0 Å². The summed E-state index contributed by atoms with van der Waals surface area (Å²) in [5.74, 6) is 0.0770. The van der Waals surface area contributed by atoms with Crippen molar-refractivity contribution in [3.05, 3.63) is 59.3 Å². The first-order valence-electron chi connectivity index (χ1n) is 7.84. The third-order valence-electron chi connectivity index (χ3n) is 3.03. The minimum Gasteiger partial charge on any atom is -0.295 e. The Morgan fingerprint density at radius 1 is 0.857 bits per heavy atom. The van der Waals surface area contributed by atoms with Crippen molar-refractivity contribution in [2.45, 2.75) is 60.3 Å². The molecule has 0 aliphatic heterocycles. The van der Waals surface area contributed by atoms with Crippen LogP contribution in [-0.4, -0.2) is 5.78 Å². The van der Waals surface area contributed by atoms with Crippen molar-refractivity contribution in [1.29, 1.82) is 0 Å². The zero-order chi connectivity index (χ0) is 16.1. The van der Waals surface area contributed by atoms with Gasteiger partial charge in [-0.1, -0.05) is 72.9 Å². The lowest BCUT2D eigenvalue weighted by Crippen LogP contribution is -1.80. The van der Waals surface area contributed by atoms with Crippen molar-refractivity contribution < 1.29 is 4.79 Å². The Morgan fingerprint density at radius 3 is 2.19 bits per heavy atom.